The number of unbranched alkanes of at least 4 members (excludes halogenated alkanes) is 1. The maximum atomic E-state index is 4.82. The molecule has 0 saturated carbocycles. The first-order valence-corrected chi connectivity index (χ1v) is 11.5. The fourth-order valence-electron chi connectivity index (χ4n) is 5.28. The predicted octanol–water partition coefficient (Wildman–Crippen LogP) is 5.24. The molecule has 2 atom stereocenters. The van der Waals surface area contributed by atoms with E-state index in [0.29, 0.717) is 12.1 Å². The largest absolute Gasteiger partial charge is 0.303 e. The van der Waals surface area contributed by atoms with E-state index in [0.717, 1.165) is 6.54 Å². The number of aromatic nitrogens is 2. The van der Waals surface area contributed by atoms with Crippen LogP contribution in [0, 0.1) is 13.8 Å². The highest BCUT2D eigenvalue weighted by Gasteiger charge is 2.34. The van der Waals surface area contributed by atoms with Gasteiger partial charge >= 0.3 is 0 Å². The van der Waals surface area contributed by atoms with Gasteiger partial charge in [0.05, 0.1) is 23.5 Å². The van der Waals surface area contributed by atoms with E-state index in [1.807, 2.05) is 12.4 Å². The number of likely N-dealkylation sites (tertiary alicyclic amines) is 2. The topological polar surface area (TPSA) is 32.3 Å². The molecule has 4 rings (SSSR count). The summed E-state index contributed by atoms with van der Waals surface area (Å²) in [6, 6.07) is 9.35. The van der Waals surface area contributed by atoms with Crippen molar-refractivity contribution in [3.05, 3.63) is 59.2 Å². The lowest BCUT2D eigenvalue weighted by Crippen LogP contribution is -2.38. The van der Waals surface area contributed by atoms with Crippen LogP contribution in [0.3, 0.4) is 0 Å². The van der Waals surface area contributed by atoms with Gasteiger partial charge in [-0.15, -0.1) is 0 Å². The zero-order valence-electron chi connectivity index (χ0n) is 18.2. The van der Waals surface area contributed by atoms with Crippen molar-refractivity contribution in [2.45, 2.75) is 70.9 Å². The normalized spacial score (nSPS) is 23.5. The van der Waals surface area contributed by atoms with Gasteiger partial charge in [-0.3, -0.25) is 14.9 Å². The second-order valence-corrected chi connectivity index (χ2v) is 8.87. The van der Waals surface area contributed by atoms with Crippen molar-refractivity contribution in [3.8, 4) is 0 Å². The SMILES string of the molecule is Cc1cccnc1C1CCCC(c2ncccc2C)N1CCCCN1CCCC1. The Labute approximate surface area is 176 Å². The molecule has 2 aromatic heterocycles. The minimum absolute atomic E-state index is 0.406. The summed E-state index contributed by atoms with van der Waals surface area (Å²) in [5.74, 6) is 0. The van der Waals surface area contributed by atoms with Gasteiger partial charge in [0.1, 0.15) is 0 Å². The second-order valence-electron chi connectivity index (χ2n) is 8.87. The van der Waals surface area contributed by atoms with Crippen LogP contribution in [0.4, 0.5) is 0 Å². The van der Waals surface area contributed by atoms with Crippen LogP contribution in [0.5, 0.6) is 0 Å². The third-order valence-electron chi connectivity index (χ3n) is 6.83. The first-order chi connectivity index (χ1) is 14.2. The van der Waals surface area contributed by atoms with E-state index >= 15 is 0 Å². The number of pyridine rings is 2. The van der Waals surface area contributed by atoms with Crippen molar-refractivity contribution in [2.75, 3.05) is 26.2 Å². The van der Waals surface area contributed by atoms with Gasteiger partial charge in [0.15, 0.2) is 0 Å². The molecule has 0 N–H and O–H groups in total. The van der Waals surface area contributed by atoms with Crippen LogP contribution in [-0.2, 0) is 0 Å². The first-order valence-electron chi connectivity index (χ1n) is 11.5. The van der Waals surface area contributed by atoms with Crippen LogP contribution in [0.1, 0.15) is 79.5 Å². The van der Waals surface area contributed by atoms with Gasteiger partial charge in [0.2, 0.25) is 0 Å². The molecule has 0 amide bonds. The molecule has 0 aliphatic carbocycles. The van der Waals surface area contributed by atoms with E-state index in [-0.39, 0.29) is 0 Å². The lowest BCUT2D eigenvalue weighted by atomic mass is 9.88. The van der Waals surface area contributed by atoms with Gasteiger partial charge in [-0.2, -0.15) is 0 Å². The summed E-state index contributed by atoms with van der Waals surface area (Å²) in [7, 11) is 0. The van der Waals surface area contributed by atoms with Crippen LogP contribution in [0.15, 0.2) is 36.7 Å². The van der Waals surface area contributed by atoms with Crippen LogP contribution in [0.2, 0.25) is 0 Å². The zero-order chi connectivity index (χ0) is 20.1. The molecule has 2 aliphatic rings. The fraction of sp³-hybridized carbons (Fsp3) is 0.600. The molecule has 4 heteroatoms. The molecule has 0 aromatic carbocycles. The summed E-state index contributed by atoms with van der Waals surface area (Å²) in [6.45, 7) is 9.42. The Morgan fingerprint density at radius 3 is 1.90 bits per heavy atom. The van der Waals surface area contributed by atoms with Crippen LogP contribution in [-0.4, -0.2) is 45.9 Å². The lowest BCUT2D eigenvalue weighted by molar-refractivity contribution is 0.0734. The van der Waals surface area contributed by atoms with Crippen molar-refractivity contribution in [1.82, 2.24) is 19.8 Å². The van der Waals surface area contributed by atoms with Crippen molar-refractivity contribution >= 4 is 0 Å². The molecule has 2 saturated heterocycles. The Balaban J connectivity index is 1.53. The minimum Gasteiger partial charge on any atom is -0.303 e. The van der Waals surface area contributed by atoms with E-state index in [1.165, 1.54) is 87.1 Å². The monoisotopic (exact) mass is 392 g/mol. The lowest BCUT2D eigenvalue weighted by Gasteiger charge is -2.42. The standard InChI is InChI=1S/C25H36N4/c1-20-10-8-14-26-24(20)22-12-7-13-23(25-21(2)11-9-15-27-25)29(22)19-6-5-18-28-16-3-4-17-28/h8-11,14-15,22-23H,3-7,12-13,16-19H2,1-2H3. The third kappa shape index (κ3) is 4.87. The molecule has 0 radical (unpaired) electrons. The first kappa shape index (κ1) is 20.5. The van der Waals surface area contributed by atoms with Gasteiger partial charge in [-0.05, 0) is 108 Å². The van der Waals surface area contributed by atoms with E-state index in [9.17, 15) is 0 Å². The van der Waals surface area contributed by atoms with Crippen molar-refractivity contribution in [3.63, 3.8) is 0 Å². The molecule has 2 fully saturated rings. The summed E-state index contributed by atoms with van der Waals surface area (Å²) in [4.78, 5) is 15.0. The molecule has 2 aliphatic heterocycles. The smallest absolute Gasteiger partial charge is 0.0604 e. The van der Waals surface area contributed by atoms with Crippen molar-refractivity contribution < 1.29 is 0 Å². The molecule has 2 aromatic rings. The Morgan fingerprint density at radius 1 is 0.793 bits per heavy atom. The number of nitrogens with zero attached hydrogens (tertiary/aromatic N) is 4. The van der Waals surface area contributed by atoms with Gasteiger partial charge in [0.25, 0.3) is 0 Å². The zero-order valence-corrected chi connectivity index (χ0v) is 18.2. The Morgan fingerprint density at radius 2 is 1.34 bits per heavy atom. The Hall–Kier alpha value is -1.78. The van der Waals surface area contributed by atoms with E-state index in [2.05, 4.69) is 47.9 Å². The van der Waals surface area contributed by atoms with Crippen LogP contribution in [0.25, 0.3) is 0 Å². The highest BCUT2D eigenvalue weighted by molar-refractivity contribution is 5.25. The summed E-state index contributed by atoms with van der Waals surface area (Å²) < 4.78 is 0. The number of piperidine rings is 1. The highest BCUT2D eigenvalue weighted by Crippen LogP contribution is 2.42. The molecule has 0 spiro atoms. The van der Waals surface area contributed by atoms with Gasteiger partial charge in [-0.1, -0.05) is 12.1 Å². The Kier molecular flexibility index (Phi) is 6.94. The van der Waals surface area contributed by atoms with Gasteiger partial charge in [0, 0.05) is 12.4 Å². The molecule has 2 unspecified atom stereocenters. The average Bonchev–Trinajstić information content (AvgIpc) is 3.26. The second kappa shape index (κ2) is 9.82. The molecule has 4 heterocycles. The van der Waals surface area contributed by atoms with E-state index < -0.39 is 0 Å². The number of aryl methyl sites for hydroxylation is 2. The highest BCUT2D eigenvalue weighted by atomic mass is 15.2. The third-order valence-corrected chi connectivity index (χ3v) is 6.83. The fourth-order valence-corrected chi connectivity index (χ4v) is 5.28. The molecular weight excluding hydrogens is 356 g/mol. The minimum atomic E-state index is 0.406. The average molecular weight is 393 g/mol. The van der Waals surface area contributed by atoms with Gasteiger partial charge < -0.3 is 4.90 Å². The maximum Gasteiger partial charge on any atom is 0.0604 e. The van der Waals surface area contributed by atoms with Gasteiger partial charge in [-0.25, -0.2) is 0 Å². The van der Waals surface area contributed by atoms with Crippen molar-refractivity contribution in [1.29, 1.82) is 0 Å². The number of rotatable bonds is 7. The Bertz CT molecular complexity index is 730. The predicted molar refractivity (Wildman–Crippen MR) is 119 cm³/mol. The van der Waals surface area contributed by atoms with E-state index in [1.54, 1.807) is 0 Å². The summed E-state index contributed by atoms with van der Waals surface area (Å²) >= 11 is 0. The molecule has 156 valence electrons. The maximum absolute atomic E-state index is 4.82. The molecular formula is C25H36N4. The number of hydrogen-bond donors (Lipinski definition) is 0. The van der Waals surface area contributed by atoms with Crippen LogP contribution >= 0.6 is 0 Å². The van der Waals surface area contributed by atoms with Crippen molar-refractivity contribution in [2.24, 2.45) is 0 Å². The summed E-state index contributed by atoms with van der Waals surface area (Å²) in [5.41, 5.74) is 5.17. The summed E-state index contributed by atoms with van der Waals surface area (Å²) in [6.07, 6.45) is 12.9. The molecule has 4 nitrogen and oxygen atoms in total. The molecule has 0 bridgehead atoms. The number of hydrogen-bond acceptors (Lipinski definition) is 4. The quantitative estimate of drug-likeness (QED) is 0.603. The van der Waals surface area contributed by atoms with Crippen LogP contribution < -0.4 is 0 Å². The summed E-state index contributed by atoms with van der Waals surface area (Å²) in [5, 5.41) is 0. The van der Waals surface area contributed by atoms with E-state index in [4.69, 9.17) is 9.97 Å². The molecule has 29 heavy (non-hydrogen) atoms.